The maximum atomic E-state index is 12.7. The molecule has 1 aliphatic heterocycles. The van der Waals surface area contributed by atoms with Crippen molar-refractivity contribution in [2.45, 2.75) is 5.37 Å². The maximum absolute atomic E-state index is 12.7. The van der Waals surface area contributed by atoms with Crippen LogP contribution in [0, 0.1) is 0 Å². The van der Waals surface area contributed by atoms with E-state index in [2.05, 4.69) is 0 Å². The molecule has 0 bridgehead atoms. The van der Waals surface area contributed by atoms with E-state index in [0.717, 1.165) is 0 Å². The Morgan fingerprint density at radius 2 is 1.41 bits per heavy atom. The Morgan fingerprint density at radius 3 is 2.03 bits per heavy atom. The summed E-state index contributed by atoms with van der Waals surface area (Å²) >= 11 is 0. The van der Waals surface area contributed by atoms with E-state index in [0.29, 0.717) is 28.5 Å². The number of ether oxygens (including phenoxy) is 2. The van der Waals surface area contributed by atoms with Gasteiger partial charge in [-0.05, 0) is 54.1 Å². The van der Waals surface area contributed by atoms with Crippen molar-refractivity contribution in [1.29, 1.82) is 0 Å². The average Bonchev–Trinajstić information content (AvgIpc) is 2.97. The molecule has 1 saturated heterocycles. The first-order valence-corrected chi connectivity index (χ1v) is 10.7. The SMILES string of the molecule is COc1ccc([C@H]2N(c3ccc(Oc4ccccc4)cc3)C(=O)CS2(=O)=O)cc1. The monoisotopic (exact) mass is 409 g/mol. The zero-order valence-corrected chi connectivity index (χ0v) is 16.5. The van der Waals surface area contributed by atoms with Crippen LogP contribution >= 0.6 is 0 Å². The Balaban J connectivity index is 1.65. The lowest BCUT2D eigenvalue weighted by molar-refractivity contribution is -0.115. The van der Waals surface area contributed by atoms with Gasteiger partial charge in [-0.3, -0.25) is 9.69 Å². The number of nitrogens with zero attached hydrogens (tertiary/aromatic N) is 1. The molecule has 0 radical (unpaired) electrons. The number of methoxy groups -OCH3 is 1. The number of hydrogen-bond acceptors (Lipinski definition) is 5. The van der Waals surface area contributed by atoms with E-state index in [1.54, 1.807) is 48.5 Å². The van der Waals surface area contributed by atoms with Gasteiger partial charge in [-0.15, -0.1) is 0 Å². The summed E-state index contributed by atoms with van der Waals surface area (Å²) in [7, 11) is -2.12. The van der Waals surface area contributed by atoms with Crippen LogP contribution in [0.5, 0.6) is 17.2 Å². The second-order valence-electron chi connectivity index (χ2n) is 6.61. The van der Waals surface area contributed by atoms with Gasteiger partial charge >= 0.3 is 0 Å². The minimum atomic E-state index is -3.66. The molecule has 1 aliphatic rings. The molecule has 0 aromatic heterocycles. The largest absolute Gasteiger partial charge is 0.497 e. The fourth-order valence-electron chi connectivity index (χ4n) is 3.32. The minimum Gasteiger partial charge on any atom is -0.497 e. The van der Waals surface area contributed by atoms with Crippen LogP contribution in [0.4, 0.5) is 5.69 Å². The molecule has 1 amide bonds. The Hall–Kier alpha value is -3.32. The molecule has 0 aliphatic carbocycles. The average molecular weight is 409 g/mol. The van der Waals surface area contributed by atoms with E-state index >= 15 is 0 Å². The second-order valence-corrected chi connectivity index (χ2v) is 8.67. The maximum Gasteiger partial charge on any atom is 0.243 e. The Kier molecular flexibility index (Phi) is 4.98. The van der Waals surface area contributed by atoms with Gasteiger partial charge in [0.25, 0.3) is 0 Å². The van der Waals surface area contributed by atoms with Gasteiger partial charge in [-0.2, -0.15) is 0 Å². The van der Waals surface area contributed by atoms with Crippen LogP contribution in [0.2, 0.25) is 0 Å². The van der Waals surface area contributed by atoms with Crippen LogP contribution in [-0.2, 0) is 14.6 Å². The second kappa shape index (κ2) is 7.60. The molecule has 1 fully saturated rings. The summed E-state index contributed by atoms with van der Waals surface area (Å²) in [5.74, 6) is 0.921. The number of rotatable bonds is 5. The summed E-state index contributed by atoms with van der Waals surface area (Å²) in [5.41, 5.74) is 1.01. The molecule has 0 saturated carbocycles. The van der Waals surface area contributed by atoms with Crippen molar-refractivity contribution in [3.05, 3.63) is 84.4 Å². The molecule has 3 aromatic rings. The van der Waals surface area contributed by atoms with Crippen molar-refractivity contribution < 1.29 is 22.7 Å². The molecule has 1 heterocycles. The molecule has 29 heavy (non-hydrogen) atoms. The van der Waals surface area contributed by atoms with E-state index in [1.165, 1.54) is 12.0 Å². The molecule has 3 aromatic carbocycles. The number of carbonyl (C=O) groups is 1. The van der Waals surface area contributed by atoms with Crippen LogP contribution in [0.15, 0.2) is 78.9 Å². The summed E-state index contributed by atoms with van der Waals surface area (Å²) in [4.78, 5) is 13.9. The third kappa shape index (κ3) is 3.82. The molecule has 4 rings (SSSR count). The third-order valence-corrected chi connectivity index (χ3v) is 6.48. The number of hydrogen-bond donors (Lipinski definition) is 0. The van der Waals surface area contributed by atoms with Gasteiger partial charge in [-0.1, -0.05) is 30.3 Å². The van der Waals surface area contributed by atoms with Gasteiger partial charge in [0.05, 0.1) is 7.11 Å². The van der Waals surface area contributed by atoms with Gasteiger partial charge in [0.1, 0.15) is 23.0 Å². The lowest BCUT2D eigenvalue weighted by Crippen LogP contribution is -2.29. The molecule has 1 atom stereocenters. The lowest BCUT2D eigenvalue weighted by Gasteiger charge is -2.24. The molecular formula is C22H19NO5S. The summed E-state index contributed by atoms with van der Waals surface area (Å²) in [5, 5.41) is -1.07. The Labute approximate surface area is 169 Å². The standard InChI is InChI=1S/C22H19NO5S/c1-27-18-11-7-16(8-12-18)22-23(21(24)15-29(22,25)26)17-9-13-20(14-10-17)28-19-5-3-2-4-6-19/h2-14,22H,15H2,1H3/t22-/m0/s1. The zero-order valence-electron chi connectivity index (χ0n) is 15.7. The third-order valence-electron chi connectivity index (χ3n) is 4.66. The first-order valence-electron chi connectivity index (χ1n) is 8.98. The Bertz CT molecular complexity index is 1110. The first-order chi connectivity index (χ1) is 14.0. The number of para-hydroxylation sites is 1. The Morgan fingerprint density at radius 1 is 0.828 bits per heavy atom. The van der Waals surface area contributed by atoms with Crippen LogP contribution in [0.25, 0.3) is 0 Å². The van der Waals surface area contributed by atoms with Crippen LogP contribution in [0.1, 0.15) is 10.9 Å². The van der Waals surface area contributed by atoms with Crippen molar-refractivity contribution in [2.75, 3.05) is 17.8 Å². The van der Waals surface area contributed by atoms with Gasteiger partial charge in [-0.25, -0.2) is 8.42 Å². The number of benzene rings is 3. The lowest BCUT2D eigenvalue weighted by atomic mass is 10.1. The highest BCUT2D eigenvalue weighted by molar-refractivity contribution is 7.93. The van der Waals surface area contributed by atoms with Crippen LogP contribution in [-0.4, -0.2) is 27.2 Å². The van der Waals surface area contributed by atoms with Crippen LogP contribution in [0.3, 0.4) is 0 Å². The molecule has 6 nitrogen and oxygen atoms in total. The first kappa shape index (κ1) is 19.0. The summed E-state index contributed by atoms with van der Waals surface area (Å²) in [6, 6.07) is 22.8. The van der Waals surface area contributed by atoms with Gasteiger partial charge in [0, 0.05) is 5.69 Å². The van der Waals surface area contributed by atoms with Crippen molar-refractivity contribution in [3.63, 3.8) is 0 Å². The molecular weight excluding hydrogens is 390 g/mol. The van der Waals surface area contributed by atoms with Crippen LogP contribution < -0.4 is 14.4 Å². The predicted octanol–water partition coefficient (Wildman–Crippen LogP) is 3.95. The van der Waals surface area contributed by atoms with Crippen molar-refractivity contribution >= 4 is 21.4 Å². The number of carbonyl (C=O) groups excluding carboxylic acids is 1. The van der Waals surface area contributed by atoms with E-state index < -0.39 is 26.9 Å². The van der Waals surface area contributed by atoms with Gasteiger partial charge in [0.2, 0.25) is 5.91 Å². The van der Waals surface area contributed by atoms with E-state index in [9.17, 15) is 13.2 Å². The topological polar surface area (TPSA) is 72.9 Å². The van der Waals surface area contributed by atoms with Crippen molar-refractivity contribution in [2.24, 2.45) is 0 Å². The van der Waals surface area contributed by atoms with E-state index in [1.807, 2.05) is 30.3 Å². The highest BCUT2D eigenvalue weighted by Gasteiger charge is 2.45. The highest BCUT2D eigenvalue weighted by atomic mass is 32.2. The number of amides is 1. The molecule has 0 N–H and O–H groups in total. The van der Waals surface area contributed by atoms with E-state index in [-0.39, 0.29) is 0 Å². The fraction of sp³-hybridized carbons (Fsp3) is 0.136. The molecule has 0 spiro atoms. The molecule has 148 valence electrons. The quantitative estimate of drug-likeness (QED) is 0.638. The van der Waals surface area contributed by atoms with Gasteiger partial charge < -0.3 is 9.47 Å². The summed E-state index contributed by atoms with van der Waals surface area (Å²) in [6.07, 6.45) is 0. The smallest absolute Gasteiger partial charge is 0.243 e. The minimum absolute atomic E-state index is 0.456. The van der Waals surface area contributed by atoms with E-state index in [4.69, 9.17) is 9.47 Å². The van der Waals surface area contributed by atoms with Crippen molar-refractivity contribution in [3.8, 4) is 17.2 Å². The van der Waals surface area contributed by atoms with Gasteiger partial charge in [0.15, 0.2) is 15.2 Å². The summed E-state index contributed by atoms with van der Waals surface area (Å²) < 4.78 is 36.3. The normalized spacial score (nSPS) is 17.9. The summed E-state index contributed by atoms with van der Waals surface area (Å²) in [6.45, 7) is 0. The molecule has 7 heteroatoms. The zero-order chi connectivity index (χ0) is 20.4. The number of anilines is 1. The molecule has 0 unspecified atom stereocenters. The predicted molar refractivity (Wildman–Crippen MR) is 110 cm³/mol. The number of sulfone groups is 1. The highest BCUT2D eigenvalue weighted by Crippen LogP contribution is 2.38. The fourth-order valence-corrected chi connectivity index (χ4v) is 5.09. The van der Waals surface area contributed by atoms with Crippen molar-refractivity contribution in [1.82, 2.24) is 0 Å².